The van der Waals surface area contributed by atoms with E-state index in [1.807, 2.05) is 0 Å². The van der Waals surface area contributed by atoms with E-state index in [4.69, 9.17) is 34.8 Å². The van der Waals surface area contributed by atoms with E-state index >= 15 is 0 Å². The van der Waals surface area contributed by atoms with Gasteiger partial charge >= 0.3 is 6.03 Å². The lowest BCUT2D eigenvalue weighted by atomic mass is 10.3. The number of hydrogen-bond acceptors (Lipinski definition) is 2. The zero-order valence-corrected chi connectivity index (χ0v) is 11.7. The molecular formula is C12H8Cl3N3O. The van der Waals surface area contributed by atoms with Crippen molar-refractivity contribution in [3.63, 3.8) is 0 Å². The molecule has 2 N–H and O–H groups in total. The van der Waals surface area contributed by atoms with Crippen LogP contribution in [0.2, 0.25) is 15.2 Å². The van der Waals surface area contributed by atoms with Gasteiger partial charge in [-0.15, -0.1) is 0 Å². The number of aromatic nitrogens is 1. The Morgan fingerprint density at radius 3 is 2.58 bits per heavy atom. The molecule has 98 valence electrons. The highest BCUT2D eigenvalue weighted by Gasteiger charge is 2.07. The van der Waals surface area contributed by atoms with Crippen molar-refractivity contribution in [2.24, 2.45) is 0 Å². The summed E-state index contributed by atoms with van der Waals surface area (Å²) in [6, 6.07) is 7.49. The number of carbonyl (C=O) groups is 1. The molecule has 1 heterocycles. The zero-order chi connectivity index (χ0) is 13.8. The number of carbonyl (C=O) groups excluding carboxylic acids is 1. The largest absolute Gasteiger partial charge is 0.323 e. The first-order chi connectivity index (χ1) is 9.04. The van der Waals surface area contributed by atoms with E-state index in [1.165, 1.54) is 12.3 Å². The molecule has 2 rings (SSSR count). The van der Waals surface area contributed by atoms with Crippen molar-refractivity contribution >= 4 is 52.2 Å². The number of anilines is 2. The minimum atomic E-state index is -0.452. The van der Waals surface area contributed by atoms with Gasteiger partial charge in [0.1, 0.15) is 5.15 Å². The first kappa shape index (κ1) is 13.9. The second-order valence-corrected chi connectivity index (χ2v) is 4.80. The van der Waals surface area contributed by atoms with Gasteiger partial charge in [0.2, 0.25) is 0 Å². The Kier molecular flexibility index (Phi) is 4.47. The van der Waals surface area contributed by atoms with Crippen molar-refractivity contribution in [2.75, 3.05) is 10.6 Å². The fourth-order valence-electron chi connectivity index (χ4n) is 1.36. The molecule has 0 radical (unpaired) electrons. The third kappa shape index (κ3) is 3.99. The molecule has 4 nitrogen and oxygen atoms in total. The smallest absolute Gasteiger partial charge is 0.308 e. The predicted molar refractivity (Wildman–Crippen MR) is 78.4 cm³/mol. The molecule has 1 aromatic heterocycles. The van der Waals surface area contributed by atoms with Crippen LogP contribution >= 0.6 is 34.8 Å². The van der Waals surface area contributed by atoms with Crippen LogP contribution in [0.4, 0.5) is 16.2 Å². The van der Waals surface area contributed by atoms with E-state index in [0.717, 1.165) is 0 Å². The molecule has 0 aliphatic carbocycles. The molecule has 2 amide bonds. The lowest BCUT2D eigenvalue weighted by Gasteiger charge is -2.09. The molecule has 0 saturated heterocycles. The minimum Gasteiger partial charge on any atom is -0.308 e. The normalized spacial score (nSPS) is 10.1. The van der Waals surface area contributed by atoms with Crippen molar-refractivity contribution < 1.29 is 4.79 Å². The molecule has 7 heteroatoms. The molecule has 0 aliphatic rings. The monoisotopic (exact) mass is 315 g/mol. The van der Waals surface area contributed by atoms with Crippen LogP contribution in [0.15, 0.2) is 36.5 Å². The summed E-state index contributed by atoms with van der Waals surface area (Å²) in [6.07, 6.45) is 1.49. The molecule has 0 spiro atoms. The minimum absolute atomic E-state index is 0.290. The Morgan fingerprint density at radius 1 is 1.05 bits per heavy atom. The molecular weight excluding hydrogens is 309 g/mol. The number of benzene rings is 1. The Morgan fingerprint density at radius 2 is 1.84 bits per heavy atom. The standard InChI is InChI=1S/C12H8Cl3N3O/c13-7-1-2-9(14)10(5-7)18-12(19)17-8-3-4-16-11(15)6-8/h1-6H,(H2,16,17,18,19). The lowest BCUT2D eigenvalue weighted by Crippen LogP contribution is -2.19. The van der Waals surface area contributed by atoms with E-state index in [0.29, 0.717) is 26.6 Å². The lowest BCUT2D eigenvalue weighted by molar-refractivity contribution is 0.262. The molecule has 1 aromatic carbocycles. The summed E-state index contributed by atoms with van der Waals surface area (Å²) >= 11 is 17.5. The van der Waals surface area contributed by atoms with E-state index in [9.17, 15) is 4.79 Å². The maximum absolute atomic E-state index is 11.8. The topological polar surface area (TPSA) is 54.0 Å². The van der Waals surface area contributed by atoms with Gasteiger partial charge in [0, 0.05) is 16.9 Å². The Bertz CT molecular complexity index is 619. The van der Waals surface area contributed by atoms with Crippen LogP contribution in [-0.4, -0.2) is 11.0 Å². The van der Waals surface area contributed by atoms with E-state index in [1.54, 1.807) is 24.3 Å². The summed E-state index contributed by atoms with van der Waals surface area (Å²) in [4.78, 5) is 15.6. The highest BCUT2D eigenvalue weighted by molar-refractivity contribution is 6.35. The molecule has 0 saturated carbocycles. The average Bonchev–Trinajstić information content (AvgIpc) is 2.34. The number of pyridine rings is 1. The quantitative estimate of drug-likeness (QED) is 0.790. The van der Waals surface area contributed by atoms with Crippen LogP contribution in [0.3, 0.4) is 0 Å². The van der Waals surface area contributed by atoms with Gasteiger partial charge in [0.05, 0.1) is 10.7 Å². The van der Waals surface area contributed by atoms with Crippen molar-refractivity contribution in [3.05, 3.63) is 51.7 Å². The fourth-order valence-corrected chi connectivity index (χ4v) is 1.87. The first-order valence-corrected chi connectivity index (χ1v) is 6.32. The Labute approximate surface area is 124 Å². The maximum Gasteiger partial charge on any atom is 0.323 e. The number of rotatable bonds is 2. The fraction of sp³-hybridized carbons (Fsp3) is 0. The highest BCUT2D eigenvalue weighted by Crippen LogP contribution is 2.25. The molecule has 0 atom stereocenters. The summed E-state index contributed by atoms with van der Waals surface area (Å²) in [5.74, 6) is 0. The molecule has 2 aromatic rings. The van der Waals surface area contributed by atoms with Crippen LogP contribution < -0.4 is 10.6 Å². The van der Waals surface area contributed by atoms with Gasteiger partial charge in [0.15, 0.2) is 0 Å². The number of nitrogens with zero attached hydrogens (tertiary/aromatic N) is 1. The van der Waals surface area contributed by atoms with E-state index in [-0.39, 0.29) is 0 Å². The van der Waals surface area contributed by atoms with Crippen LogP contribution in [0.5, 0.6) is 0 Å². The van der Waals surface area contributed by atoms with E-state index in [2.05, 4.69) is 15.6 Å². The summed E-state index contributed by atoms with van der Waals surface area (Å²) < 4.78 is 0. The summed E-state index contributed by atoms with van der Waals surface area (Å²) in [7, 11) is 0. The maximum atomic E-state index is 11.8. The Hall–Kier alpha value is -1.49. The Balaban J connectivity index is 2.07. The first-order valence-electron chi connectivity index (χ1n) is 5.19. The van der Waals surface area contributed by atoms with Crippen LogP contribution in [0.1, 0.15) is 0 Å². The molecule has 0 fully saturated rings. The van der Waals surface area contributed by atoms with Crippen LogP contribution in [0.25, 0.3) is 0 Å². The van der Waals surface area contributed by atoms with Crippen molar-refractivity contribution in [2.45, 2.75) is 0 Å². The van der Waals surface area contributed by atoms with Crippen molar-refractivity contribution in [1.29, 1.82) is 0 Å². The van der Waals surface area contributed by atoms with Gasteiger partial charge < -0.3 is 10.6 Å². The molecule has 19 heavy (non-hydrogen) atoms. The van der Waals surface area contributed by atoms with Crippen molar-refractivity contribution in [3.8, 4) is 0 Å². The predicted octanol–water partition coefficient (Wildman–Crippen LogP) is 4.69. The summed E-state index contributed by atoms with van der Waals surface area (Å²) in [6.45, 7) is 0. The molecule has 0 unspecified atom stereocenters. The number of urea groups is 1. The molecule has 0 bridgehead atoms. The average molecular weight is 317 g/mol. The molecule has 0 aliphatic heterocycles. The van der Waals surface area contributed by atoms with Gasteiger partial charge in [-0.1, -0.05) is 34.8 Å². The van der Waals surface area contributed by atoms with E-state index < -0.39 is 6.03 Å². The number of amides is 2. The van der Waals surface area contributed by atoms with Gasteiger partial charge in [-0.3, -0.25) is 0 Å². The number of nitrogens with one attached hydrogen (secondary N) is 2. The number of halogens is 3. The SMILES string of the molecule is O=C(Nc1ccnc(Cl)c1)Nc1cc(Cl)ccc1Cl. The highest BCUT2D eigenvalue weighted by atomic mass is 35.5. The zero-order valence-electron chi connectivity index (χ0n) is 9.45. The van der Waals surface area contributed by atoms with Gasteiger partial charge in [-0.25, -0.2) is 9.78 Å². The van der Waals surface area contributed by atoms with Crippen LogP contribution in [0, 0.1) is 0 Å². The third-order valence-corrected chi connectivity index (χ3v) is 2.93. The van der Waals surface area contributed by atoms with Crippen LogP contribution in [-0.2, 0) is 0 Å². The second kappa shape index (κ2) is 6.10. The summed E-state index contributed by atoms with van der Waals surface area (Å²) in [5.41, 5.74) is 0.947. The number of hydrogen-bond donors (Lipinski definition) is 2. The summed E-state index contributed by atoms with van der Waals surface area (Å²) in [5, 5.41) is 6.36. The third-order valence-electron chi connectivity index (χ3n) is 2.16. The van der Waals surface area contributed by atoms with Gasteiger partial charge in [-0.05, 0) is 30.3 Å². The van der Waals surface area contributed by atoms with Gasteiger partial charge in [-0.2, -0.15) is 0 Å². The van der Waals surface area contributed by atoms with Crippen molar-refractivity contribution in [1.82, 2.24) is 4.98 Å². The van der Waals surface area contributed by atoms with Gasteiger partial charge in [0.25, 0.3) is 0 Å². The second-order valence-electron chi connectivity index (χ2n) is 3.57.